The van der Waals surface area contributed by atoms with Crippen molar-refractivity contribution >= 4 is 11.8 Å². The smallest absolute Gasteiger partial charge is 0.247 e. The molecule has 0 aromatic carbocycles. The maximum atomic E-state index is 11.2. The molecule has 0 aromatic rings. The average Bonchev–Trinajstić information content (AvgIpc) is 2.17. The molecule has 5 N–H and O–H groups in total. The summed E-state index contributed by atoms with van der Waals surface area (Å²) in [5.74, 6) is -0.967. The predicted octanol–water partition coefficient (Wildman–Crippen LogP) is -1.66. The number of aliphatic hydroxyl groups excluding tert-OH is 1. The maximum absolute atomic E-state index is 11.2. The molecule has 0 saturated carbocycles. The number of nitrogens with two attached hydrogens (primary N) is 1. The largest absolute Gasteiger partial charge is 0.382 e. The number of hydrogen-bond acceptors (Lipinski definition) is 4. The zero-order chi connectivity index (χ0) is 11.8. The molecular formula is C9H19N3O3. The van der Waals surface area contributed by atoms with Crippen LogP contribution in [0.2, 0.25) is 0 Å². The fourth-order valence-corrected chi connectivity index (χ4v) is 0.851. The van der Waals surface area contributed by atoms with Gasteiger partial charge < -0.3 is 21.5 Å². The van der Waals surface area contributed by atoms with Crippen molar-refractivity contribution in [2.75, 3.05) is 13.1 Å². The van der Waals surface area contributed by atoms with Crippen molar-refractivity contribution in [2.24, 2.45) is 5.73 Å². The first-order valence-electron chi connectivity index (χ1n) is 4.94. The monoisotopic (exact) mass is 217 g/mol. The Hall–Kier alpha value is -1.14. The number of hydrogen-bond donors (Lipinski definition) is 4. The van der Waals surface area contributed by atoms with Crippen molar-refractivity contribution in [1.29, 1.82) is 0 Å². The molecule has 15 heavy (non-hydrogen) atoms. The van der Waals surface area contributed by atoms with Gasteiger partial charge in [-0.15, -0.1) is 0 Å². The molecule has 0 aliphatic heterocycles. The number of rotatable bonds is 7. The molecule has 6 heteroatoms. The minimum atomic E-state index is -1.25. The second-order valence-corrected chi connectivity index (χ2v) is 3.43. The second-order valence-electron chi connectivity index (χ2n) is 3.43. The number of amides is 2. The Bertz CT molecular complexity index is 221. The van der Waals surface area contributed by atoms with Crippen LogP contribution < -0.4 is 16.4 Å². The lowest BCUT2D eigenvalue weighted by Gasteiger charge is -2.12. The summed E-state index contributed by atoms with van der Waals surface area (Å²) in [5.41, 5.74) is 4.83. The van der Waals surface area contributed by atoms with Crippen LogP contribution >= 0.6 is 0 Å². The Morgan fingerprint density at radius 1 is 1.47 bits per heavy atom. The van der Waals surface area contributed by atoms with Gasteiger partial charge in [-0.2, -0.15) is 0 Å². The molecule has 0 aliphatic rings. The SMILES string of the molecule is CCC(C)NC(=O)CNCC(O)C(N)=O. The van der Waals surface area contributed by atoms with Crippen molar-refractivity contribution in [3.8, 4) is 0 Å². The van der Waals surface area contributed by atoms with E-state index in [2.05, 4.69) is 10.6 Å². The summed E-state index contributed by atoms with van der Waals surface area (Å²) in [5, 5.41) is 14.4. The van der Waals surface area contributed by atoms with E-state index < -0.39 is 12.0 Å². The topological polar surface area (TPSA) is 104 Å². The number of primary amides is 1. The normalized spacial score (nSPS) is 14.3. The summed E-state index contributed by atoms with van der Waals surface area (Å²) < 4.78 is 0. The lowest BCUT2D eigenvalue weighted by atomic mass is 10.2. The summed E-state index contributed by atoms with van der Waals surface area (Å²) in [6, 6.07) is 0.125. The average molecular weight is 217 g/mol. The van der Waals surface area contributed by atoms with E-state index in [9.17, 15) is 9.59 Å². The van der Waals surface area contributed by atoms with E-state index in [1.54, 1.807) is 0 Å². The molecule has 0 radical (unpaired) electrons. The minimum Gasteiger partial charge on any atom is -0.382 e. The molecule has 2 atom stereocenters. The summed E-state index contributed by atoms with van der Waals surface area (Å²) in [6.45, 7) is 3.92. The van der Waals surface area contributed by atoms with Crippen LogP contribution in [0.4, 0.5) is 0 Å². The van der Waals surface area contributed by atoms with Crippen LogP contribution in [0.1, 0.15) is 20.3 Å². The summed E-state index contributed by atoms with van der Waals surface area (Å²) in [7, 11) is 0. The van der Waals surface area contributed by atoms with Gasteiger partial charge >= 0.3 is 0 Å². The summed E-state index contributed by atoms with van der Waals surface area (Å²) in [6.07, 6.45) is -0.392. The second kappa shape index (κ2) is 7.19. The summed E-state index contributed by atoms with van der Waals surface area (Å²) in [4.78, 5) is 21.6. The minimum absolute atomic E-state index is 0.0107. The third kappa shape index (κ3) is 6.87. The first-order chi connectivity index (χ1) is 6.97. The van der Waals surface area contributed by atoms with Gasteiger partial charge in [0.25, 0.3) is 0 Å². The van der Waals surface area contributed by atoms with E-state index in [1.807, 2.05) is 13.8 Å². The van der Waals surface area contributed by atoms with Gasteiger partial charge in [-0.3, -0.25) is 9.59 Å². The molecule has 6 nitrogen and oxygen atoms in total. The number of carbonyl (C=O) groups is 2. The molecule has 0 aromatic heterocycles. The van der Waals surface area contributed by atoms with Gasteiger partial charge in [0.05, 0.1) is 6.54 Å². The van der Waals surface area contributed by atoms with Crippen molar-refractivity contribution in [3.63, 3.8) is 0 Å². The van der Waals surface area contributed by atoms with Crippen LogP contribution in [-0.4, -0.2) is 42.2 Å². The Morgan fingerprint density at radius 3 is 2.53 bits per heavy atom. The van der Waals surface area contributed by atoms with Crippen LogP contribution in [0.3, 0.4) is 0 Å². The first-order valence-corrected chi connectivity index (χ1v) is 4.94. The van der Waals surface area contributed by atoms with Gasteiger partial charge in [-0.05, 0) is 13.3 Å². The first kappa shape index (κ1) is 13.9. The molecule has 0 saturated heterocycles. The fourth-order valence-electron chi connectivity index (χ4n) is 0.851. The van der Waals surface area contributed by atoms with Crippen LogP contribution in [0.25, 0.3) is 0 Å². The van der Waals surface area contributed by atoms with E-state index in [0.29, 0.717) is 0 Å². The van der Waals surface area contributed by atoms with E-state index in [-0.39, 0.29) is 25.0 Å². The van der Waals surface area contributed by atoms with Crippen molar-refractivity contribution < 1.29 is 14.7 Å². The summed E-state index contributed by atoms with van der Waals surface area (Å²) >= 11 is 0. The Balaban J connectivity index is 3.59. The standard InChI is InChI=1S/C9H19N3O3/c1-3-6(2)12-8(14)5-11-4-7(13)9(10)15/h6-7,11,13H,3-5H2,1-2H3,(H2,10,15)(H,12,14). The van der Waals surface area contributed by atoms with Crippen LogP contribution in [0.15, 0.2) is 0 Å². The highest BCUT2D eigenvalue weighted by Gasteiger charge is 2.11. The van der Waals surface area contributed by atoms with Crippen molar-refractivity contribution in [1.82, 2.24) is 10.6 Å². The van der Waals surface area contributed by atoms with Gasteiger partial charge in [0, 0.05) is 12.6 Å². The maximum Gasteiger partial charge on any atom is 0.247 e. The molecule has 0 fully saturated rings. The van der Waals surface area contributed by atoms with Gasteiger partial charge in [0.2, 0.25) is 11.8 Å². The quantitative estimate of drug-likeness (QED) is 0.409. The van der Waals surface area contributed by atoms with Crippen molar-refractivity contribution in [3.05, 3.63) is 0 Å². The molecule has 0 aliphatic carbocycles. The van der Waals surface area contributed by atoms with Gasteiger partial charge in [0.1, 0.15) is 6.10 Å². The zero-order valence-electron chi connectivity index (χ0n) is 9.12. The third-order valence-corrected chi connectivity index (χ3v) is 1.97. The van der Waals surface area contributed by atoms with E-state index in [4.69, 9.17) is 10.8 Å². The molecule has 0 bridgehead atoms. The lowest BCUT2D eigenvalue weighted by Crippen LogP contribution is -2.43. The third-order valence-electron chi connectivity index (χ3n) is 1.97. The van der Waals surface area contributed by atoms with E-state index >= 15 is 0 Å². The van der Waals surface area contributed by atoms with Gasteiger partial charge in [-0.25, -0.2) is 0 Å². The lowest BCUT2D eigenvalue weighted by molar-refractivity contribution is -0.126. The molecule has 0 rings (SSSR count). The zero-order valence-corrected chi connectivity index (χ0v) is 9.12. The van der Waals surface area contributed by atoms with Crippen LogP contribution in [-0.2, 0) is 9.59 Å². The fraction of sp³-hybridized carbons (Fsp3) is 0.778. The molecule has 88 valence electrons. The molecule has 2 unspecified atom stereocenters. The Morgan fingerprint density at radius 2 is 2.07 bits per heavy atom. The molecule has 0 heterocycles. The van der Waals surface area contributed by atoms with E-state index in [1.165, 1.54) is 0 Å². The Labute approximate surface area is 89.2 Å². The molecular weight excluding hydrogens is 198 g/mol. The number of carbonyl (C=O) groups excluding carboxylic acids is 2. The highest BCUT2D eigenvalue weighted by atomic mass is 16.3. The van der Waals surface area contributed by atoms with Gasteiger partial charge in [0.15, 0.2) is 0 Å². The predicted molar refractivity (Wildman–Crippen MR) is 56.0 cm³/mol. The highest BCUT2D eigenvalue weighted by Crippen LogP contribution is 1.86. The van der Waals surface area contributed by atoms with Gasteiger partial charge in [-0.1, -0.05) is 6.92 Å². The van der Waals surface area contributed by atoms with E-state index in [0.717, 1.165) is 6.42 Å². The van der Waals surface area contributed by atoms with Crippen LogP contribution in [0, 0.1) is 0 Å². The highest BCUT2D eigenvalue weighted by molar-refractivity contribution is 5.79. The Kier molecular flexibility index (Phi) is 6.64. The number of nitrogens with one attached hydrogen (secondary N) is 2. The molecule has 0 spiro atoms. The van der Waals surface area contributed by atoms with Crippen LogP contribution in [0.5, 0.6) is 0 Å². The van der Waals surface area contributed by atoms with Crippen molar-refractivity contribution in [2.45, 2.75) is 32.4 Å². The number of aliphatic hydroxyl groups is 1. The molecule has 2 amide bonds.